The third-order valence-electron chi connectivity index (χ3n) is 9.37. The maximum atomic E-state index is 14.4. The van der Waals surface area contributed by atoms with E-state index in [2.05, 4.69) is 31.2 Å². The number of carbonyl (C=O) groups is 5. The number of nitrogens with zero attached hydrogens (tertiary/aromatic N) is 3. The Morgan fingerprint density at radius 2 is 1.72 bits per heavy atom. The molecule has 1 saturated heterocycles. The van der Waals surface area contributed by atoms with Crippen LogP contribution in [0.15, 0.2) is 18.6 Å². The second-order valence-corrected chi connectivity index (χ2v) is 14.5. The molecule has 4 rings (SSSR count). The summed E-state index contributed by atoms with van der Waals surface area (Å²) in [5.41, 5.74) is -0.664. The van der Waals surface area contributed by atoms with Gasteiger partial charge in [-0.25, -0.2) is 4.98 Å². The predicted octanol–water partition coefficient (Wildman–Crippen LogP) is 1.31. The van der Waals surface area contributed by atoms with Gasteiger partial charge >= 0.3 is 0 Å². The Balaban J connectivity index is 1.53. The number of aliphatic hydroxyl groups excluding tert-OH is 1. The van der Waals surface area contributed by atoms with Crippen molar-refractivity contribution in [2.24, 2.45) is 23.2 Å². The van der Waals surface area contributed by atoms with E-state index in [1.54, 1.807) is 18.7 Å². The maximum Gasteiger partial charge on any atom is 0.272 e. The fourth-order valence-corrected chi connectivity index (χ4v) is 6.67. The van der Waals surface area contributed by atoms with Crippen LogP contribution in [0.3, 0.4) is 0 Å². The van der Waals surface area contributed by atoms with Gasteiger partial charge in [-0.3, -0.25) is 29.0 Å². The van der Waals surface area contributed by atoms with E-state index in [-0.39, 0.29) is 35.4 Å². The second-order valence-electron chi connectivity index (χ2n) is 14.5. The third-order valence-corrected chi connectivity index (χ3v) is 9.37. The zero-order valence-corrected chi connectivity index (χ0v) is 27.9. The molecule has 0 spiro atoms. The fourth-order valence-electron chi connectivity index (χ4n) is 6.67. The number of hydrogen-bond donors (Lipinski definition) is 5. The molecule has 13 heteroatoms. The van der Waals surface area contributed by atoms with Crippen molar-refractivity contribution in [2.75, 3.05) is 6.54 Å². The molecule has 3 unspecified atom stereocenters. The number of aromatic nitrogens is 2. The summed E-state index contributed by atoms with van der Waals surface area (Å²) in [6.45, 7) is 11.4. The lowest BCUT2D eigenvalue weighted by Gasteiger charge is -2.37. The van der Waals surface area contributed by atoms with Gasteiger partial charge in [0.05, 0.1) is 12.2 Å². The second kappa shape index (κ2) is 14.9. The van der Waals surface area contributed by atoms with E-state index in [4.69, 9.17) is 0 Å². The molecular weight excluding hydrogens is 590 g/mol. The average Bonchev–Trinajstić information content (AvgIpc) is 3.57. The van der Waals surface area contributed by atoms with Gasteiger partial charge in [0.15, 0.2) is 6.10 Å². The minimum absolute atomic E-state index is 0.0605. The van der Waals surface area contributed by atoms with Crippen LogP contribution in [0.4, 0.5) is 0 Å². The van der Waals surface area contributed by atoms with Crippen molar-refractivity contribution < 1.29 is 29.1 Å². The summed E-state index contributed by atoms with van der Waals surface area (Å²) < 4.78 is 0. The fraction of sp³-hybridized carbons (Fsp3) is 0.727. The van der Waals surface area contributed by atoms with Gasteiger partial charge in [0.2, 0.25) is 17.7 Å². The van der Waals surface area contributed by atoms with Crippen molar-refractivity contribution in [1.29, 1.82) is 0 Å². The minimum Gasteiger partial charge on any atom is -0.381 e. The normalized spacial score (nSPS) is 23.6. The molecule has 2 heterocycles. The summed E-state index contributed by atoms with van der Waals surface area (Å²) in [5.74, 6) is -2.57. The third kappa shape index (κ3) is 8.40. The van der Waals surface area contributed by atoms with Crippen molar-refractivity contribution in [2.45, 2.75) is 123 Å². The number of aliphatic hydroxyl groups is 1. The van der Waals surface area contributed by atoms with E-state index in [1.807, 2.05) is 27.7 Å². The molecule has 46 heavy (non-hydrogen) atoms. The van der Waals surface area contributed by atoms with Gasteiger partial charge in [0, 0.05) is 25.0 Å². The lowest BCUT2D eigenvalue weighted by atomic mass is 9.85. The van der Waals surface area contributed by atoms with Crippen LogP contribution in [0.25, 0.3) is 0 Å². The van der Waals surface area contributed by atoms with Crippen molar-refractivity contribution in [3.8, 4) is 0 Å². The van der Waals surface area contributed by atoms with Gasteiger partial charge in [-0.15, -0.1) is 0 Å². The minimum atomic E-state index is -1.40. The molecule has 5 N–H and O–H groups in total. The molecule has 0 bridgehead atoms. The van der Waals surface area contributed by atoms with E-state index < -0.39 is 59.3 Å². The first-order valence-electron chi connectivity index (χ1n) is 16.7. The number of nitrogens with one attached hydrogen (secondary N) is 4. The largest absolute Gasteiger partial charge is 0.381 e. The van der Waals surface area contributed by atoms with Gasteiger partial charge in [-0.05, 0) is 55.3 Å². The number of carbonyl (C=O) groups excluding carboxylic acids is 5. The van der Waals surface area contributed by atoms with Gasteiger partial charge < -0.3 is 31.3 Å². The van der Waals surface area contributed by atoms with Crippen molar-refractivity contribution in [3.63, 3.8) is 0 Å². The topological polar surface area (TPSA) is 183 Å². The maximum absolute atomic E-state index is 14.4. The molecule has 1 aromatic rings. The Morgan fingerprint density at radius 1 is 1.00 bits per heavy atom. The van der Waals surface area contributed by atoms with E-state index in [0.29, 0.717) is 19.4 Å². The predicted molar refractivity (Wildman–Crippen MR) is 170 cm³/mol. The zero-order valence-electron chi connectivity index (χ0n) is 27.9. The van der Waals surface area contributed by atoms with E-state index >= 15 is 0 Å². The quantitative estimate of drug-likeness (QED) is 0.214. The Hall–Kier alpha value is -3.61. The van der Waals surface area contributed by atoms with Gasteiger partial charge in [-0.1, -0.05) is 54.4 Å². The van der Waals surface area contributed by atoms with E-state index in [0.717, 1.165) is 32.1 Å². The van der Waals surface area contributed by atoms with E-state index in [1.165, 1.54) is 18.6 Å². The van der Waals surface area contributed by atoms with Gasteiger partial charge in [-0.2, -0.15) is 0 Å². The zero-order chi connectivity index (χ0) is 33.8. The van der Waals surface area contributed by atoms with Crippen LogP contribution in [0.5, 0.6) is 0 Å². The van der Waals surface area contributed by atoms with Crippen LogP contribution < -0.4 is 21.3 Å². The van der Waals surface area contributed by atoms with Crippen LogP contribution in [0, 0.1) is 23.2 Å². The van der Waals surface area contributed by atoms with Crippen molar-refractivity contribution in [3.05, 3.63) is 24.3 Å². The number of rotatable bonds is 13. The first kappa shape index (κ1) is 35.2. The molecule has 3 fully saturated rings. The monoisotopic (exact) mass is 641 g/mol. The van der Waals surface area contributed by atoms with E-state index in [9.17, 15) is 29.1 Å². The Bertz CT molecular complexity index is 1260. The first-order chi connectivity index (χ1) is 21.7. The number of amides is 5. The molecule has 2 saturated carbocycles. The van der Waals surface area contributed by atoms with Gasteiger partial charge in [0.1, 0.15) is 23.8 Å². The molecule has 1 aliphatic heterocycles. The lowest BCUT2D eigenvalue weighted by molar-refractivity contribution is -0.145. The highest BCUT2D eigenvalue weighted by molar-refractivity contribution is 5.98. The molecule has 7 atom stereocenters. The Kier molecular flexibility index (Phi) is 11.4. The Labute approximate surface area is 271 Å². The van der Waals surface area contributed by atoms with Gasteiger partial charge in [0.25, 0.3) is 11.8 Å². The molecular formula is C33H51N7O6. The van der Waals surface area contributed by atoms with Crippen LogP contribution in [-0.4, -0.2) is 92.4 Å². The number of fused-ring (bicyclic) bond motifs is 1. The van der Waals surface area contributed by atoms with Crippen LogP contribution in [0.2, 0.25) is 0 Å². The molecule has 3 aliphatic rings. The summed E-state index contributed by atoms with van der Waals surface area (Å²) in [6.07, 6.45) is 8.16. The summed E-state index contributed by atoms with van der Waals surface area (Å²) in [5, 5.41) is 22.3. The molecule has 13 nitrogen and oxygen atoms in total. The van der Waals surface area contributed by atoms with Crippen LogP contribution >= 0.6 is 0 Å². The van der Waals surface area contributed by atoms with Crippen LogP contribution in [-0.2, 0) is 19.2 Å². The molecule has 1 aromatic heterocycles. The summed E-state index contributed by atoms with van der Waals surface area (Å²) in [7, 11) is 0. The van der Waals surface area contributed by atoms with Crippen LogP contribution in [0.1, 0.15) is 97.0 Å². The number of likely N-dealkylation sites (tertiary alicyclic amines) is 1. The highest BCUT2D eigenvalue weighted by Gasteiger charge is 2.52. The lowest BCUT2D eigenvalue weighted by Crippen LogP contribution is -2.62. The molecule has 254 valence electrons. The summed E-state index contributed by atoms with van der Waals surface area (Å²) in [6, 6.07) is -3.47. The SMILES string of the molecule is CCCC(NC(=O)C1[C@H]2CCC[C@H]2CN1C(=O)[C@@H](NC(=O)[C@@H](NC(=O)c1cnccn1)C(C)C)C(C)(C)C)C(O)C(=O)NC1CC1. The average molecular weight is 642 g/mol. The standard InChI is InChI=1S/C33H51N7O6/c1-7-9-22(26(41)31(45)36-20-12-13-20)37-30(44)25-21-11-8-10-19(21)17-40(25)32(46)27(33(4,5)6)39-29(43)24(18(2)3)38-28(42)23-16-34-14-15-35-23/h14-16,18-22,24-27,41H,7-13,17H2,1-6H3,(H,36,45)(H,37,44)(H,38,42)(H,39,43)/t19-,21-,22?,24-,25?,26?,27+/m0/s1. The molecule has 2 aliphatic carbocycles. The summed E-state index contributed by atoms with van der Waals surface area (Å²) in [4.78, 5) is 77.1. The highest BCUT2D eigenvalue weighted by Crippen LogP contribution is 2.43. The Morgan fingerprint density at radius 3 is 2.30 bits per heavy atom. The highest BCUT2D eigenvalue weighted by atomic mass is 16.3. The molecule has 0 radical (unpaired) electrons. The number of hydrogen-bond acceptors (Lipinski definition) is 8. The molecule has 0 aromatic carbocycles. The summed E-state index contributed by atoms with van der Waals surface area (Å²) >= 11 is 0. The molecule has 5 amide bonds. The smallest absolute Gasteiger partial charge is 0.272 e. The van der Waals surface area contributed by atoms with Crippen molar-refractivity contribution >= 4 is 29.5 Å². The van der Waals surface area contributed by atoms with Crippen molar-refractivity contribution in [1.82, 2.24) is 36.1 Å². The first-order valence-corrected chi connectivity index (χ1v) is 16.7.